The van der Waals surface area contributed by atoms with Crippen LogP contribution in [0.25, 0.3) is 21.8 Å². The van der Waals surface area contributed by atoms with E-state index in [9.17, 15) is 78.0 Å². The fourth-order valence-corrected chi connectivity index (χ4v) is 17.0. The SMILES string of the molecule is CCCC[C@H]1C(=O)N(C)[C@@H](CCCC)C(=O)N[C@@H](CCC(=O)O)C(=O)N[C@H](C(=O)NCC(N)=O)CSCC(=O)N[C@@H](Cc2ccc(OC)cc2)C(=O)N(C)[C@@H](C)C(=O)N[C@@H](CCN)C(=O)N2CCC[C@H]2C(=O)NC(CN)C(=O)N[C@@H](CCC(=O)O)C(=O)N2C[C@H](O)C[C@H]2C(=O)N[C@@H](Cc2c[nH]c3ccccc23)C(=O)NC(CC(=O)O)C(=O)N[C@@H](Cc2c[nH]c3ccccc23)C(=O)N1C. The van der Waals surface area contributed by atoms with Crippen LogP contribution in [0.4, 0.5) is 0 Å². The Kier molecular flexibility index (Phi) is 39.8. The maximum absolute atomic E-state index is 15.7. The topological polar surface area (TPSA) is 661 Å². The van der Waals surface area contributed by atoms with Crippen LogP contribution < -0.4 is 75.1 Å². The molecule has 15 atom stereocenters. The van der Waals surface area contributed by atoms with Gasteiger partial charge in [0.2, 0.25) is 94.5 Å². The van der Waals surface area contributed by atoms with Gasteiger partial charge in [-0.2, -0.15) is 0 Å². The molecule has 5 aromatic rings. The number of benzene rings is 3. The average molecular weight is 1880 g/mol. The molecule has 22 N–H and O–H groups in total. The molecule has 3 saturated heterocycles. The predicted molar refractivity (Wildman–Crippen MR) is 482 cm³/mol. The lowest BCUT2D eigenvalue weighted by Crippen LogP contribution is -2.61. The number of nitrogens with one attached hydrogen (secondary N) is 12. The predicted octanol–water partition coefficient (Wildman–Crippen LogP) is -3.26. The molecule has 0 radical (unpaired) electrons. The van der Waals surface area contributed by atoms with E-state index in [-0.39, 0.29) is 70.9 Å². The van der Waals surface area contributed by atoms with Crippen molar-refractivity contribution in [1.82, 2.24) is 87.6 Å². The van der Waals surface area contributed by atoms with E-state index in [0.29, 0.717) is 57.1 Å². The summed E-state index contributed by atoms with van der Waals surface area (Å²) in [5, 5.41) is 68.3. The largest absolute Gasteiger partial charge is 0.497 e. The minimum Gasteiger partial charge on any atom is -0.497 e. The van der Waals surface area contributed by atoms with Crippen LogP contribution in [0.15, 0.2) is 85.2 Å². The number of unbranched alkanes of at least 4 members (excludes halogenated alkanes) is 2. The lowest BCUT2D eigenvalue weighted by molar-refractivity contribution is -0.149. The lowest BCUT2D eigenvalue weighted by atomic mass is 9.99. The second-order valence-corrected chi connectivity index (χ2v) is 34.2. The first-order valence-electron chi connectivity index (χ1n) is 44.1. The number of amides is 16. The second kappa shape index (κ2) is 50.4. The highest BCUT2D eigenvalue weighted by Gasteiger charge is 2.47. The standard InChI is InChI=1S/C88H122N20O24S/c1-8-10-21-66-81(124)96-57(28-30-72(112)113)77(120)103-65(76(119)94-43-70(91)110)45-133-46-71(111)95-62(35-48-24-26-52(132-7)27-25-48)84(127)104(4)47(3)75(118)97-59(32-33-89)86(129)107-34-16-23-67(107)82(125)102-64(40-90)80(123)98-58(29-31-73(114)115)87(130)108-44-51(109)38-69(108)83(126)100-60(36-49-41-92-55-19-14-12-17-53(49)55)78(121)99-61(39-74(116)117)79(122)101-63(37-50-42-93-56-20-15-13-18-54(50)56)85(128)106(6)68(22-11-9-2)88(131)105(66)5/h12-15,17-20,24-27,41-42,47,51,57-69,92-93,109H,8-11,16,21-23,28-40,43-46,89-90H2,1-7H3,(H2,91,110)(H,94,119)(H,95,111)(H,96,124)(H,97,118)(H,98,123)(H,99,121)(H,100,126)(H,101,122)(H,102,125)(H,103,120)(H,112,113)(H,114,115)(H,116,117)/t47-,51+,57-,58-,59-,60-,61?,62-,63-,64?,65-,66-,67-,68-,69-/m0/s1. The molecule has 0 saturated carbocycles. The Hall–Kier alpha value is -13.3. The van der Waals surface area contributed by atoms with Gasteiger partial charge < -0.3 is 130 Å². The number of methoxy groups -OCH3 is 1. The molecular formula is C88H122N20O24S. The van der Waals surface area contributed by atoms with E-state index >= 15 is 33.6 Å². The van der Waals surface area contributed by atoms with Crippen molar-refractivity contribution in [2.75, 3.05) is 72.5 Å². The van der Waals surface area contributed by atoms with Gasteiger partial charge in [-0.25, -0.2) is 0 Å². The van der Waals surface area contributed by atoms with E-state index in [1.165, 1.54) is 41.4 Å². The van der Waals surface area contributed by atoms with Gasteiger partial charge in [-0.05, 0) is 99.4 Å². The highest BCUT2D eigenvalue weighted by atomic mass is 32.2. The highest BCUT2D eigenvalue weighted by Crippen LogP contribution is 2.28. The molecule has 2 unspecified atom stereocenters. The molecule has 3 aliphatic rings. The molecule has 0 aliphatic carbocycles. The zero-order valence-corrected chi connectivity index (χ0v) is 76.1. The van der Waals surface area contributed by atoms with Crippen molar-refractivity contribution in [2.24, 2.45) is 17.2 Å². The first kappa shape index (κ1) is 105. The Balaban J connectivity index is 1.20. The molecule has 3 aliphatic heterocycles. The molecule has 8 rings (SSSR count). The van der Waals surface area contributed by atoms with Gasteiger partial charge in [-0.1, -0.05) is 88.1 Å². The number of carboxylic acids is 3. The molecule has 0 bridgehead atoms. The summed E-state index contributed by atoms with van der Waals surface area (Å²) in [7, 11) is 5.20. The number of ether oxygens (including phenoxy) is 1. The summed E-state index contributed by atoms with van der Waals surface area (Å²) in [4.78, 5) is 284. The first-order valence-corrected chi connectivity index (χ1v) is 45.2. The maximum atomic E-state index is 15.7. The van der Waals surface area contributed by atoms with Gasteiger partial charge in [-0.3, -0.25) is 91.1 Å². The van der Waals surface area contributed by atoms with Crippen molar-refractivity contribution in [1.29, 1.82) is 0 Å². The van der Waals surface area contributed by atoms with E-state index < -0.39 is 279 Å². The molecule has 45 heteroatoms. The van der Waals surface area contributed by atoms with Crippen LogP contribution in [0, 0.1) is 0 Å². The quantitative estimate of drug-likeness (QED) is 0.0245. The van der Waals surface area contributed by atoms with Crippen LogP contribution in [0.2, 0.25) is 0 Å². The van der Waals surface area contributed by atoms with Crippen molar-refractivity contribution in [3.63, 3.8) is 0 Å². The number of aromatic nitrogens is 2. The fraction of sp³-hybridized carbons (Fsp3) is 0.534. The number of aliphatic hydroxyl groups is 1. The number of fused-ring (bicyclic) bond motifs is 4. The third-order valence-corrected chi connectivity index (χ3v) is 24.7. The molecule has 2 aromatic heterocycles. The molecule has 133 heavy (non-hydrogen) atoms. The van der Waals surface area contributed by atoms with Crippen LogP contribution in [-0.2, 0) is 110 Å². The average Bonchev–Trinajstić information content (AvgIpc) is 1.54. The number of primary amides is 1. The van der Waals surface area contributed by atoms with Crippen LogP contribution in [-0.4, -0.2) is 330 Å². The van der Waals surface area contributed by atoms with Gasteiger partial charge in [0, 0.05) is 119 Å². The Morgan fingerprint density at radius 1 is 0.511 bits per heavy atom. The van der Waals surface area contributed by atoms with Crippen molar-refractivity contribution in [2.45, 2.75) is 227 Å². The van der Waals surface area contributed by atoms with Crippen molar-refractivity contribution in [3.8, 4) is 5.75 Å². The van der Waals surface area contributed by atoms with Gasteiger partial charge in [0.05, 0.1) is 31.9 Å². The minimum atomic E-state index is -2.10. The first-order chi connectivity index (χ1) is 63.3. The van der Waals surface area contributed by atoms with Gasteiger partial charge in [0.25, 0.3) is 0 Å². The number of para-hydroxylation sites is 2. The summed E-state index contributed by atoms with van der Waals surface area (Å²) in [6.07, 6.45) is -2.86. The Morgan fingerprint density at radius 3 is 1.59 bits per heavy atom. The number of rotatable bonds is 27. The number of H-pyrrole nitrogens is 2. The lowest BCUT2D eigenvalue weighted by Gasteiger charge is -2.36. The summed E-state index contributed by atoms with van der Waals surface area (Å²) in [5.74, 6) is -21.5. The molecule has 16 amide bonds. The zero-order valence-electron chi connectivity index (χ0n) is 75.3. The molecule has 724 valence electrons. The monoisotopic (exact) mass is 1870 g/mol. The molecule has 44 nitrogen and oxygen atoms in total. The van der Waals surface area contributed by atoms with Crippen LogP contribution in [0.1, 0.15) is 134 Å². The zero-order chi connectivity index (χ0) is 97.6. The smallest absolute Gasteiger partial charge is 0.305 e. The second-order valence-electron chi connectivity index (χ2n) is 33.2. The number of likely N-dealkylation sites (N-methyl/N-ethyl adjacent to an activating group) is 3. The van der Waals surface area contributed by atoms with Gasteiger partial charge in [0.1, 0.15) is 90.3 Å². The third kappa shape index (κ3) is 29.3. The van der Waals surface area contributed by atoms with E-state index in [4.69, 9.17) is 21.9 Å². The van der Waals surface area contributed by atoms with Crippen molar-refractivity contribution >= 4 is 146 Å². The van der Waals surface area contributed by atoms with E-state index in [2.05, 4.69) is 63.1 Å². The van der Waals surface area contributed by atoms with Crippen LogP contribution >= 0.6 is 11.8 Å². The number of aliphatic hydroxyl groups excluding tert-OH is 1. The van der Waals surface area contributed by atoms with E-state index in [0.717, 1.165) is 36.3 Å². The molecule has 3 aromatic carbocycles. The van der Waals surface area contributed by atoms with Gasteiger partial charge in [-0.15, -0.1) is 11.8 Å². The van der Waals surface area contributed by atoms with E-state index in [1.807, 2.05) is 0 Å². The number of nitrogens with two attached hydrogens (primary N) is 3. The number of aliphatic carboxylic acids is 3. The molecule has 0 spiro atoms. The fourth-order valence-electron chi connectivity index (χ4n) is 16.1. The number of aromatic amines is 2. The van der Waals surface area contributed by atoms with E-state index in [1.54, 1.807) is 92.8 Å². The van der Waals surface area contributed by atoms with Crippen LogP contribution in [0.5, 0.6) is 5.75 Å². The third-order valence-electron chi connectivity index (χ3n) is 23.6. The number of carbonyl (C=O) groups is 19. The summed E-state index contributed by atoms with van der Waals surface area (Å²) in [6.45, 7) is 2.55. The molecule has 5 heterocycles. The van der Waals surface area contributed by atoms with Crippen LogP contribution in [0.3, 0.4) is 0 Å². The number of nitrogens with zero attached hydrogens (tertiary/aromatic N) is 5. The summed E-state index contributed by atoms with van der Waals surface area (Å²) in [6, 6.07) is -3.12. The Labute approximate surface area is 770 Å². The number of carbonyl (C=O) groups excluding carboxylic acids is 16. The maximum Gasteiger partial charge on any atom is 0.305 e. The number of hydrogen-bond donors (Lipinski definition) is 19. The Morgan fingerprint density at radius 2 is 1.01 bits per heavy atom. The normalized spacial score (nSPS) is 24.9. The molecule has 3 fully saturated rings. The summed E-state index contributed by atoms with van der Waals surface area (Å²) >= 11 is 0.726. The Bertz CT molecular complexity index is 5030. The molecular weight excluding hydrogens is 1750 g/mol. The summed E-state index contributed by atoms with van der Waals surface area (Å²) in [5.41, 5.74) is 20.0. The van der Waals surface area contributed by atoms with Gasteiger partial charge in [0.15, 0.2) is 0 Å². The number of hydrogen-bond acceptors (Lipinski definition) is 24. The highest BCUT2D eigenvalue weighted by molar-refractivity contribution is 8.00. The number of thioether (sulfide) groups is 1. The van der Waals surface area contributed by atoms with Crippen molar-refractivity contribution < 1.29 is 116 Å². The number of carboxylic acid groups (broad SMARTS) is 3. The summed E-state index contributed by atoms with van der Waals surface area (Å²) < 4.78 is 5.32. The minimum absolute atomic E-state index is 0.00668. The van der Waals surface area contributed by atoms with Gasteiger partial charge >= 0.3 is 17.9 Å². The van der Waals surface area contributed by atoms with Crippen molar-refractivity contribution in [3.05, 3.63) is 102 Å².